The number of fused-ring (bicyclic) bond motifs is 10. The molecule has 0 spiro atoms. The molecule has 0 unspecified atom stereocenters. The first kappa shape index (κ1) is 61.0. The van der Waals surface area contributed by atoms with Crippen LogP contribution in [0.3, 0.4) is 0 Å². The number of aryl methyl sites for hydroxylation is 2. The molecule has 4 aromatic heterocycles. The van der Waals surface area contributed by atoms with E-state index >= 15 is 0 Å². The summed E-state index contributed by atoms with van der Waals surface area (Å²) in [5, 5.41) is 11.5. The molecular weight excluding hydrogens is 1110 g/mol. The summed E-state index contributed by atoms with van der Waals surface area (Å²) >= 11 is 0. The number of carbonyl (C=O) groups excluding carboxylic acids is 4. The lowest BCUT2D eigenvalue weighted by Crippen LogP contribution is -2.23. The summed E-state index contributed by atoms with van der Waals surface area (Å²) in [6.07, 6.45) is 19.3. The first-order chi connectivity index (χ1) is 42.2. The molecule has 0 radical (unpaired) electrons. The fourth-order valence-electron chi connectivity index (χ4n) is 13.6. The Labute approximate surface area is 515 Å². The molecule has 12 rings (SSSR count). The van der Waals surface area contributed by atoms with Gasteiger partial charge in [0.05, 0.1) is 74.9 Å². The molecule has 2 fully saturated rings. The number of rotatable bonds is 12. The second-order valence-corrected chi connectivity index (χ2v) is 25.6. The lowest BCUT2D eigenvalue weighted by Gasteiger charge is -2.24. The smallest absolute Gasteiger partial charge is 0.341 e. The van der Waals surface area contributed by atoms with Gasteiger partial charge in [-0.05, 0) is 194 Å². The summed E-state index contributed by atoms with van der Waals surface area (Å²) in [5.41, 5.74) is 14.8. The Morgan fingerprint density at radius 1 is 0.545 bits per heavy atom. The molecule has 460 valence electrons. The number of aromatic nitrogens is 6. The van der Waals surface area contributed by atoms with Gasteiger partial charge in [-0.15, -0.1) is 0 Å². The summed E-state index contributed by atoms with van der Waals surface area (Å²) < 4.78 is 41.7. The highest BCUT2D eigenvalue weighted by Crippen LogP contribution is 2.50. The van der Waals surface area contributed by atoms with Crippen molar-refractivity contribution >= 4 is 69.0 Å². The van der Waals surface area contributed by atoms with Gasteiger partial charge in [0, 0.05) is 58.8 Å². The lowest BCUT2D eigenvalue weighted by molar-refractivity contribution is 0.00572. The normalized spacial score (nSPS) is 15.3. The van der Waals surface area contributed by atoms with Crippen molar-refractivity contribution in [2.45, 2.75) is 156 Å². The standard InChI is InChI=1S/2C36H41N3O5/c1-7-43-35(41)29-20-37-38(5)32(29)25-17-24-18-26(42-6)14-16-27(24)33-31(22-11-9-8-10-12-22)28-15-13-23(19-30(28)39(33)21-25)34(40)44-36(2,3)4;1-7-43-35(41)29-21-38(5)37-32(29)25-17-24-18-26(42-6)14-16-27(24)33-31(22-11-9-8-10-12-22)28-15-13-23(19-30(28)39(33)20-25)34(40)44-36(2,3)4/h13-20,22H,7-12,21H2,1-6H3;13-19,21-22H,7-12,20H2,1-6H3. The second-order valence-electron chi connectivity index (χ2n) is 25.6. The molecule has 2 aliphatic carbocycles. The molecule has 8 aromatic rings. The van der Waals surface area contributed by atoms with Gasteiger partial charge in [0.25, 0.3) is 0 Å². The largest absolute Gasteiger partial charge is 0.497 e. The Balaban J connectivity index is 0.000000182. The molecule has 4 aliphatic rings. The van der Waals surface area contributed by atoms with Gasteiger partial charge in [-0.2, -0.15) is 10.2 Å². The van der Waals surface area contributed by atoms with E-state index in [1.165, 1.54) is 49.7 Å². The fraction of sp³-hybridized carbons (Fsp3) is 0.417. The number of nitrogens with zero attached hydrogens (tertiary/aromatic N) is 6. The van der Waals surface area contributed by atoms with Crippen LogP contribution in [0, 0.1) is 0 Å². The van der Waals surface area contributed by atoms with Crippen LogP contribution in [0.1, 0.15) is 207 Å². The molecule has 88 heavy (non-hydrogen) atoms. The molecule has 0 bridgehead atoms. The SMILES string of the molecule is CCOC(=O)c1cn(C)nc1C1=Cc2cc(OC)ccc2-c2c(C3CCCCC3)c3ccc(C(=O)OC(C)(C)C)cc3n2C1.CCOC(=O)c1cnn(C)c1C1=Cc2cc(OC)ccc2-c2c(C3CCCCC3)c3ccc(C(=O)OC(C)(C)C)cc3n2C1. The van der Waals surface area contributed by atoms with Gasteiger partial charge >= 0.3 is 23.9 Å². The van der Waals surface area contributed by atoms with Crippen molar-refractivity contribution in [3.05, 3.63) is 141 Å². The van der Waals surface area contributed by atoms with Crippen molar-refractivity contribution < 1.29 is 47.6 Å². The third-order valence-electron chi connectivity index (χ3n) is 17.2. The van der Waals surface area contributed by atoms with Crippen LogP contribution in [0.15, 0.2) is 85.2 Å². The average Bonchev–Trinajstić information content (AvgIpc) is 1.63. The minimum absolute atomic E-state index is 0.275. The molecular formula is C72H82N6O10. The van der Waals surface area contributed by atoms with Gasteiger partial charge in [-0.3, -0.25) is 9.36 Å². The predicted molar refractivity (Wildman–Crippen MR) is 344 cm³/mol. The van der Waals surface area contributed by atoms with E-state index in [0.29, 0.717) is 58.6 Å². The third-order valence-corrected chi connectivity index (χ3v) is 17.2. The highest BCUT2D eigenvalue weighted by molar-refractivity contribution is 6.05. The van der Waals surface area contributed by atoms with Gasteiger partial charge < -0.3 is 37.6 Å². The maximum Gasteiger partial charge on any atom is 0.341 e. The molecule has 0 amide bonds. The van der Waals surface area contributed by atoms with Crippen LogP contribution in [-0.2, 0) is 46.1 Å². The molecule has 16 heteroatoms. The lowest BCUT2D eigenvalue weighted by atomic mass is 9.81. The average molecular weight is 1190 g/mol. The zero-order valence-corrected chi connectivity index (χ0v) is 53.1. The van der Waals surface area contributed by atoms with E-state index in [1.54, 1.807) is 49.8 Å². The van der Waals surface area contributed by atoms with E-state index in [2.05, 4.69) is 56.7 Å². The van der Waals surface area contributed by atoms with Crippen LogP contribution >= 0.6 is 0 Å². The number of methoxy groups -OCH3 is 2. The number of carbonyl (C=O) groups is 4. The van der Waals surface area contributed by atoms with Crippen molar-refractivity contribution in [1.29, 1.82) is 0 Å². The van der Waals surface area contributed by atoms with Gasteiger partial charge in [-0.25, -0.2) is 19.2 Å². The van der Waals surface area contributed by atoms with Crippen molar-refractivity contribution in [2.24, 2.45) is 14.1 Å². The van der Waals surface area contributed by atoms with Crippen molar-refractivity contribution in [1.82, 2.24) is 28.7 Å². The van der Waals surface area contributed by atoms with Crippen LogP contribution in [0.25, 0.3) is 67.6 Å². The topological polar surface area (TPSA) is 169 Å². The van der Waals surface area contributed by atoms with Crippen LogP contribution in [0.4, 0.5) is 0 Å². The molecule has 2 aliphatic heterocycles. The van der Waals surface area contributed by atoms with E-state index < -0.39 is 23.1 Å². The zero-order valence-electron chi connectivity index (χ0n) is 53.1. The zero-order chi connectivity index (χ0) is 62.3. The fourth-order valence-corrected chi connectivity index (χ4v) is 13.6. The summed E-state index contributed by atoms with van der Waals surface area (Å²) in [6, 6.07) is 24.3. The Bertz CT molecular complexity index is 4070. The highest BCUT2D eigenvalue weighted by Gasteiger charge is 2.35. The van der Waals surface area contributed by atoms with Gasteiger partial charge in [0.2, 0.25) is 0 Å². The van der Waals surface area contributed by atoms with E-state index in [0.717, 1.165) is 104 Å². The Morgan fingerprint density at radius 2 is 1.00 bits per heavy atom. The molecule has 2 saturated carbocycles. The van der Waals surface area contributed by atoms with Gasteiger partial charge in [0.15, 0.2) is 0 Å². The van der Waals surface area contributed by atoms with Crippen molar-refractivity contribution in [3.8, 4) is 34.0 Å². The second kappa shape index (κ2) is 24.8. The van der Waals surface area contributed by atoms with Crippen LogP contribution in [-0.4, -0.2) is 91.2 Å². The number of allylic oxidation sites excluding steroid dienone is 2. The maximum absolute atomic E-state index is 13.3. The van der Waals surface area contributed by atoms with E-state index in [9.17, 15) is 19.2 Å². The van der Waals surface area contributed by atoms with Crippen LogP contribution in [0.5, 0.6) is 11.5 Å². The van der Waals surface area contributed by atoms with E-state index in [4.69, 9.17) is 33.5 Å². The Morgan fingerprint density at radius 3 is 1.45 bits per heavy atom. The Kier molecular flexibility index (Phi) is 17.2. The summed E-state index contributed by atoms with van der Waals surface area (Å²) in [7, 11) is 7.00. The van der Waals surface area contributed by atoms with Crippen LogP contribution in [0.2, 0.25) is 0 Å². The molecule has 4 aromatic carbocycles. The number of esters is 4. The number of benzene rings is 4. The van der Waals surface area contributed by atoms with E-state index in [-0.39, 0.29) is 25.2 Å². The van der Waals surface area contributed by atoms with E-state index in [1.807, 2.05) is 98.1 Å². The quantitative estimate of drug-likeness (QED) is 0.0839. The minimum atomic E-state index is -0.605. The molecule has 16 nitrogen and oxygen atoms in total. The number of hydrogen-bond donors (Lipinski definition) is 0. The third kappa shape index (κ3) is 12.2. The number of hydrogen-bond acceptors (Lipinski definition) is 12. The monoisotopic (exact) mass is 1190 g/mol. The summed E-state index contributed by atoms with van der Waals surface area (Å²) in [4.78, 5) is 52.7. The summed E-state index contributed by atoms with van der Waals surface area (Å²) in [6.45, 7) is 16.4. The predicted octanol–water partition coefficient (Wildman–Crippen LogP) is 15.6. The van der Waals surface area contributed by atoms with Crippen molar-refractivity contribution in [3.63, 3.8) is 0 Å². The number of ether oxygens (including phenoxy) is 6. The summed E-state index contributed by atoms with van der Waals surface area (Å²) in [5.74, 6) is 0.805. The molecule has 0 atom stereocenters. The van der Waals surface area contributed by atoms with Gasteiger partial charge in [-0.1, -0.05) is 50.7 Å². The first-order valence-electron chi connectivity index (χ1n) is 31.1. The first-order valence-corrected chi connectivity index (χ1v) is 31.1. The van der Waals surface area contributed by atoms with Gasteiger partial charge in [0.1, 0.15) is 39.5 Å². The molecule has 0 saturated heterocycles. The maximum atomic E-state index is 13.3. The highest BCUT2D eigenvalue weighted by atomic mass is 16.6. The molecule has 6 heterocycles. The van der Waals surface area contributed by atoms with Crippen LogP contribution < -0.4 is 9.47 Å². The van der Waals surface area contributed by atoms with Crippen molar-refractivity contribution in [2.75, 3.05) is 27.4 Å². The Hall–Kier alpha value is -8.66. The molecule has 0 N–H and O–H groups in total. The minimum Gasteiger partial charge on any atom is -0.497 e.